The van der Waals surface area contributed by atoms with Crippen LogP contribution in [0.4, 0.5) is 11.6 Å². The SMILES string of the molecule is O=[N+]([O-])c1no[n+]([O-])c1[N+](=O)[O-].[H-].[K+]. The summed E-state index contributed by atoms with van der Waals surface area (Å²) < 4.78 is 3.65. The van der Waals surface area contributed by atoms with E-state index in [2.05, 4.69) is 9.79 Å². The molecule has 0 fully saturated rings. The zero-order valence-corrected chi connectivity index (χ0v) is 9.36. The fourth-order valence-electron chi connectivity index (χ4n) is 0.500. The van der Waals surface area contributed by atoms with Crippen LogP contribution in [0.5, 0.6) is 0 Å². The minimum atomic E-state index is -1.33. The number of aromatic nitrogens is 2. The van der Waals surface area contributed by atoms with Crippen molar-refractivity contribution >= 4 is 11.6 Å². The molecule has 0 aliphatic rings. The van der Waals surface area contributed by atoms with Crippen LogP contribution in [0.1, 0.15) is 1.43 Å². The van der Waals surface area contributed by atoms with Crippen LogP contribution in [0.25, 0.3) is 0 Å². The summed E-state index contributed by atoms with van der Waals surface area (Å²) >= 11 is 0. The molecular formula is C2HKN4O6. The summed E-state index contributed by atoms with van der Waals surface area (Å²) in [6.45, 7) is 0. The van der Waals surface area contributed by atoms with Crippen LogP contribution in [0.2, 0.25) is 0 Å². The number of rotatable bonds is 2. The molecule has 1 rings (SSSR count). The number of hydrogen-bond donors (Lipinski definition) is 0. The molecule has 0 aliphatic carbocycles. The minimum absolute atomic E-state index is 0. The quantitative estimate of drug-likeness (QED) is 0.214. The molecule has 10 nitrogen and oxygen atoms in total. The second-order valence-electron chi connectivity index (χ2n) is 1.59. The second-order valence-corrected chi connectivity index (χ2v) is 1.59. The van der Waals surface area contributed by atoms with E-state index >= 15 is 0 Å². The topological polar surface area (TPSA) is 139 Å². The Labute approximate surface area is 113 Å². The van der Waals surface area contributed by atoms with Crippen molar-refractivity contribution in [2.75, 3.05) is 0 Å². The van der Waals surface area contributed by atoms with E-state index < -0.39 is 26.4 Å². The van der Waals surface area contributed by atoms with Crippen LogP contribution in [0.15, 0.2) is 4.63 Å². The van der Waals surface area contributed by atoms with Crippen molar-refractivity contribution in [1.82, 2.24) is 5.16 Å². The predicted octanol–water partition coefficient (Wildman–Crippen LogP) is -3.76. The van der Waals surface area contributed by atoms with Crippen molar-refractivity contribution < 1.29 is 72.2 Å². The van der Waals surface area contributed by atoms with E-state index in [1.165, 1.54) is 0 Å². The molecular weight excluding hydrogens is 215 g/mol. The van der Waals surface area contributed by atoms with Crippen LogP contribution in [0, 0.1) is 25.4 Å². The first-order valence-electron chi connectivity index (χ1n) is 2.42. The molecule has 0 atom stereocenters. The van der Waals surface area contributed by atoms with E-state index in [-0.39, 0.29) is 52.8 Å². The van der Waals surface area contributed by atoms with Gasteiger partial charge in [-0.05, 0) is 4.92 Å². The molecule has 1 heterocycles. The van der Waals surface area contributed by atoms with Gasteiger partial charge < -0.3 is 26.9 Å². The Morgan fingerprint density at radius 3 is 2.23 bits per heavy atom. The first kappa shape index (κ1) is 12.4. The molecule has 0 unspecified atom stereocenters. The molecule has 1 aromatic heterocycles. The van der Waals surface area contributed by atoms with Crippen LogP contribution in [-0.2, 0) is 0 Å². The molecule has 13 heavy (non-hydrogen) atoms. The van der Waals surface area contributed by atoms with E-state index in [1.807, 2.05) is 0 Å². The molecule has 0 N–H and O–H groups in total. The van der Waals surface area contributed by atoms with Crippen molar-refractivity contribution in [2.24, 2.45) is 0 Å². The summed E-state index contributed by atoms with van der Waals surface area (Å²) in [4.78, 5) is 16.9. The molecule has 1 aromatic rings. The normalized spacial score (nSPS) is 8.92. The molecule has 66 valence electrons. The van der Waals surface area contributed by atoms with Gasteiger partial charge in [-0.1, -0.05) is 0 Å². The van der Waals surface area contributed by atoms with Gasteiger partial charge in [0.1, 0.15) is 0 Å². The first-order chi connectivity index (χ1) is 5.54. The van der Waals surface area contributed by atoms with Gasteiger partial charge in [0.15, 0.2) is 5.16 Å². The Kier molecular flexibility index (Phi) is 4.35. The fraction of sp³-hybridized carbons (Fsp3) is 0. The van der Waals surface area contributed by atoms with Crippen molar-refractivity contribution in [2.45, 2.75) is 0 Å². The standard InChI is InChI=1S/C2N4O6.K.H/c7-4(8)1-2(5(9)10)6(11)12-3-1;;/q;+1;-1. The summed E-state index contributed by atoms with van der Waals surface area (Å²) in [5.41, 5.74) is 0. The van der Waals surface area contributed by atoms with Crippen molar-refractivity contribution in [3.63, 3.8) is 0 Å². The average Bonchev–Trinajstić information content (AvgIpc) is 2.30. The number of nitro groups is 2. The maximum atomic E-state index is 10.3. The van der Waals surface area contributed by atoms with Gasteiger partial charge in [0.05, 0.1) is 4.90 Å². The van der Waals surface area contributed by atoms with Crippen molar-refractivity contribution in [3.8, 4) is 0 Å². The molecule has 0 amide bonds. The summed E-state index contributed by atoms with van der Waals surface area (Å²) in [5.74, 6) is -2.55. The third-order valence-electron chi connectivity index (χ3n) is 0.920. The van der Waals surface area contributed by atoms with Gasteiger partial charge >= 0.3 is 63.0 Å². The van der Waals surface area contributed by atoms with Crippen LogP contribution >= 0.6 is 0 Å². The van der Waals surface area contributed by atoms with E-state index in [4.69, 9.17) is 0 Å². The average molecular weight is 216 g/mol. The Bertz CT molecular complexity index is 352. The van der Waals surface area contributed by atoms with Crippen molar-refractivity contribution in [3.05, 3.63) is 25.4 Å². The molecule has 0 spiro atoms. The number of hydrogen-bond acceptors (Lipinski definition) is 7. The van der Waals surface area contributed by atoms with E-state index in [0.717, 1.165) is 0 Å². The molecule has 0 saturated heterocycles. The Hall–Kier alpha value is -0.624. The zero-order chi connectivity index (χ0) is 9.30. The first-order valence-corrected chi connectivity index (χ1v) is 2.42. The minimum Gasteiger partial charge on any atom is -1.00 e. The van der Waals surface area contributed by atoms with Gasteiger partial charge in [-0.3, -0.25) is 0 Å². The summed E-state index contributed by atoms with van der Waals surface area (Å²) in [7, 11) is 0. The van der Waals surface area contributed by atoms with E-state index in [1.54, 1.807) is 0 Å². The van der Waals surface area contributed by atoms with Crippen molar-refractivity contribution in [1.29, 1.82) is 0 Å². The third kappa shape index (κ3) is 2.41. The van der Waals surface area contributed by atoms with E-state index in [9.17, 15) is 25.4 Å². The third-order valence-corrected chi connectivity index (χ3v) is 0.920. The summed E-state index contributed by atoms with van der Waals surface area (Å²) in [6, 6.07) is 0. The maximum Gasteiger partial charge on any atom is 1.00 e. The summed E-state index contributed by atoms with van der Waals surface area (Å²) in [6.07, 6.45) is 0. The maximum absolute atomic E-state index is 10.3. The molecule has 0 aliphatic heterocycles. The van der Waals surface area contributed by atoms with Gasteiger partial charge in [-0.15, -0.1) is 0 Å². The van der Waals surface area contributed by atoms with Crippen LogP contribution < -0.4 is 56.3 Å². The Balaban J connectivity index is 0. The monoisotopic (exact) mass is 216 g/mol. The molecule has 11 heteroatoms. The fourth-order valence-corrected chi connectivity index (χ4v) is 0.500. The molecule has 0 aromatic carbocycles. The Morgan fingerprint density at radius 1 is 1.38 bits per heavy atom. The second kappa shape index (κ2) is 4.57. The predicted molar refractivity (Wildman–Crippen MR) is 29.9 cm³/mol. The van der Waals surface area contributed by atoms with Gasteiger partial charge in [0, 0.05) is 4.92 Å². The Morgan fingerprint density at radius 2 is 1.92 bits per heavy atom. The molecule has 0 bridgehead atoms. The smallest absolute Gasteiger partial charge is 1.00 e. The zero-order valence-electron chi connectivity index (χ0n) is 7.24. The van der Waals surface area contributed by atoms with Crippen LogP contribution in [0.3, 0.4) is 0 Å². The van der Waals surface area contributed by atoms with Gasteiger partial charge in [0.2, 0.25) is 0 Å². The van der Waals surface area contributed by atoms with E-state index in [0.29, 0.717) is 0 Å². The summed E-state index contributed by atoms with van der Waals surface area (Å²) in [5, 5.41) is 32.9. The number of nitrogens with zero attached hydrogens (tertiary/aromatic N) is 4. The largest absolute Gasteiger partial charge is 1.00 e. The molecule has 0 radical (unpaired) electrons. The van der Waals surface area contributed by atoms with Gasteiger partial charge in [0.25, 0.3) is 0 Å². The van der Waals surface area contributed by atoms with Crippen LogP contribution in [-0.4, -0.2) is 15.0 Å². The molecule has 0 saturated carbocycles. The van der Waals surface area contributed by atoms with Gasteiger partial charge in [-0.25, -0.2) is 0 Å². The van der Waals surface area contributed by atoms with Gasteiger partial charge in [-0.2, -0.15) is 4.63 Å².